The van der Waals surface area contributed by atoms with Crippen molar-refractivity contribution in [2.24, 2.45) is 0 Å². The molecule has 2 aromatic carbocycles. The fourth-order valence-corrected chi connectivity index (χ4v) is 4.36. The number of hydrogen-bond acceptors (Lipinski definition) is 6. The molecule has 10 heteroatoms. The van der Waals surface area contributed by atoms with Crippen molar-refractivity contribution in [1.82, 2.24) is 9.97 Å². The Bertz CT molecular complexity index is 1410. The molecule has 0 spiro atoms. The number of carbonyl (C=O) groups is 2. The van der Waals surface area contributed by atoms with Gasteiger partial charge in [0.25, 0.3) is 0 Å². The smallest absolute Gasteiger partial charge is 0.338 e. The van der Waals surface area contributed by atoms with Crippen LogP contribution in [0.1, 0.15) is 53.2 Å². The highest BCUT2D eigenvalue weighted by molar-refractivity contribution is 7.09. The van der Waals surface area contributed by atoms with Crippen molar-refractivity contribution in [3.05, 3.63) is 102 Å². The summed E-state index contributed by atoms with van der Waals surface area (Å²) >= 11 is 3.12. The number of halogens is 2. The Morgan fingerprint density at radius 2 is 1.44 bits per heavy atom. The molecule has 4 rings (SSSR count). The summed E-state index contributed by atoms with van der Waals surface area (Å²) in [4.78, 5) is 29.9. The van der Waals surface area contributed by atoms with E-state index in [2.05, 4.69) is 9.97 Å². The van der Waals surface area contributed by atoms with Gasteiger partial charge in [-0.3, -0.25) is 0 Å². The van der Waals surface area contributed by atoms with Crippen LogP contribution in [0.5, 0.6) is 0 Å². The third kappa shape index (κ3) is 7.62. The summed E-state index contributed by atoms with van der Waals surface area (Å²) in [5.74, 6) is -3.93. The molecule has 186 valence electrons. The number of benzene rings is 2. The molecule has 0 unspecified atom stereocenters. The van der Waals surface area contributed by atoms with E-state index in [1.165, 1.54) is 35.6 Å². The highest BCUT2D eigenvalue weighted by Crippen LogP contribution is 2.16. The molecule has 2 N–H and O–H groups in total. The summed E-state index contributed by atoms with van der Waals surface area (Å²) in [7, 11) is 0. The van der Waals surface area contributed by atoms with Crippen LogP contribution in [0.4, 0.5) is 8.78 Å². The number of hydrogen-bond donors (Lipinski definition) is 2. The van der Waals surface area contributed by atoms with Crippen LogP contribution in [0, 0.1) is 25.5 Å². The highest BCUT2D eigenvalue weighted by atomic mass is 32.1. The topological polar surface area (TPSA) is 100 Å². The molecule has 0 aliphatic rings. The van der Waals surface area contributed by atoms with Gasteiger partial charge in [0, 0.05) is 10.8 Å². The zero-order valence-corrected chi connectivity index (χ0v) is 21.0. The lowest BCUT2D eigenvalue weighted by atomic mass is 10.1. The number of carboxylic acid groups (broad SMARTS) is 2. The molecule has 0 fully saturated rings. The third-order valence-corrected chi connectivity index (χ3v) is 6.52. The molecule has 0 bridgehead atoms. The van der Waals surface area contributed by atoms with Crippen LogP contribution in [-0.4, -0.2) is 32.1 Å². The number of thiazole rings is 2. The van der Waals surface area contributed by atoms with E-state index in [0.29, 0.717) is 12.0 Å². The van der Waals surface area contributed by atoms with Gasteiger partial charge in [-0.25, -0.2) is 28.3 Å². The molecular formula is C26H22F2N2O4S2. The van der Waals surface area contributed by atoms with Gasteiger partial charge >= 0.3 is 11.9 Å². The highest BCUT2D eigenvalue weighted by Gasteiger charge is 2.11. The third-order valence-electron chi connectivity index (χ3n) is 4.91. The molecule has 0 radical (unpaired) electrons. The molecule has 6 nitrogen and oxygen atoms in total. The van der Waals surface area contributed by atoms with E-state index in [1.807, 2.05) is 24.6 Å². The maximum Gasteiger partial charge on any atom is 0.338 e. The molecule has 0 aliphatic heterocycles. The fourth-order valence-electron chi connectivity index (χ4n) is 3.13. The van der Waals surface area contributed by atoms with Crippen LogP contribution in [-0.2, 0) is 12.8 Å². The number of carboxylic acids is 2. The number of rotatable bonds is 7. The standard InChI is InChI=1S/C13H12FNO2S.C13H10FNO2S/c2*1-8-15-10(7-18-8)4-2-9-3-5-11(13(16)17)12(14)6-9/h3,5-7H,2,4H2,1H3,(H,16,17);2-7H,1H3,(H,16,17). The summed E-state index contributed by atoms with van der Waals surface area (Å²) in [6.07, 6.45) is 4.85. The summed E-state index contributed by atoms with van der Waals surface area (Å²) in [6, 6.07) is 8.23. The molecule has 4 aromatic rings. The molecule has 0 amide bonds. The Balaban J connectivity index is 0.000000201. The zero-order chi connectivity index (χ0) is 26.2. The van der Waals surface area contributed by atoms with Crippen LogP contribution < -0.4 is 0 Å². The van der Waals surface area contributed by atoms with Crippen molar-refractivity contribution in [3.8, 4) is 0 Å². The van der Waals surface area contributed by atoms with Gasteiger partial charge in [0.05, 0.1) is 32.5 Å². The summed E-state index contributed by atoms with van der Waals surface area (Å²) in [6.45, 7) is 3.85. The number of aromatic nitrogens is 2. The van der Waals surface area contributed by atoms with Crippen molar-refractivity contribution in [3.63, 3.8) is 0 Å². The van der Waals surface area contributed by atoms with Crippen molar-refractivity contribution < 1.29 is 28.6 Å². The Morgan fingerprint density at radius 1 is 0.833 bits per heavy atom. The number of aromatic carboxylic acids is 2. The second kappa shape index (κ2) is 12.3. The van der Waals surface area contributed by atoms with Gasteiger partial charge in [0.15, 0.2) is 0 Å². The Kier molecular flexibility index (Phi) is 9.15. The first-order valence-electron chi connectivity index (χ1n) is 10.7. The van der Waals surface area contributed by atoms with E-state index in [4.69, 9.17) is 10.2 Å². The summed E-state index contributed by atoms with van der Waals surface area (Å²) in [5, 5.41) is 23.3. The lowest BCUT2D eigenvalue weighted by Crippen LogP contribution is -2.01. The minimum absolute atomic E-state index is 0.289. The van der Waals surface area contributed by atoms with E-state index < -0.39 is 23.6 Å². The SMILES string of the molecule is Cc1nc(C=Cc2ccc(C(=O)O)c(F)c2)cs1.Cc1nc(CCc2ccc(C(=O)O)c(F)c2)cs1. The Morgan fingerprint density at radius 3 is 1.97 bits per heavy atom. The molecular weight excluding hydrogens is 506 g/mol. The molecule has 2 aromatic heterocycles. The minimum Gasteiger partial charge on any atom is -0.478 e. The molecule has 0 atom stereocenters. The van der Waals surface area contributed by atoms with E-state index >= 15 is 0 Å². The van der Waals surface area contributed by atoms with Gasteiger partial charge < -0.3 is 10.2 Å². The molecule has 0 saturated heterocycles. The van der Waals surface area contributed by atoms with Crippen molar-refractivity contribution in [2.75, 3.05) is 0 Å². The van der Waals surface area contributed by atoms with Crippen molar-refractivity contribution in [1.29, 1.82) is 0 Å². The maximum absolute atomic E-state index is 13.4. The van der Waals surface area contributed by atoms with Gasteiger partial charge in [-0.1, -0.05) is 18.2 Å². The molecule has 0 saturated carbocycles. The number of aryl methyl sites for hydroxylation is 4. The van der Waals surface area contributed by atoms with Crippen LogP contribution >= 0.6 is 22.7 Å². The van der Waals surface area contributed by atoms with Gasteiger partial charge in [-0.2, -0.15) is 0 Å². The first-order chi connectivity index (χ1) is 17.1. The predicted octanol–water partition coefficient (Wildman–Crippen LogP) is 6.53. The second-order valence-electron chi connectivity index (χ2n) is 7.65. The van der Waals surface area contributed by atoms with Crippen LogP contribution in [0.3, 0.4) is 0 Å². The maximum atomic E-state index is 13.4. The quantitative estimate of drug-likeness (QED) is 0.283. The van der Waals surface area contributed by atoms with Crippen molar-refractivity contribution >= 4 is 46.8 Å². The Hall–Kier alpha value is -3.76. The average molecular weight is 529 g/mol. The normalized spacial score (nSPS) is 10.8. The van der Waals surface area contributed by atoms with Gasteiger partial charge in [-0.05, 0) is 68.2 Å². The summed E-state index contributed by atoms with van der Waals surface area (Å²) in [5.41, 5.74) is 2.56. The van der Waals surface area contributed by atoms with E-state index in [9.17, 15) is 18.4 Å². The lowest BCUT2D eigenvalue weighted by Gasteiger charge is -2.02. The predicted molar refractivity (Wildman–Crippen MR) is 137 cm³/mol. The monoisotopic (exact) mass is 528 g/mol. The van der Waals surface area contributed by atoms with Gasteiger partial charge in [-0.15, -0.1) is 22.7 Å². The largest absolute Gasteiger partial charge is 0.478 e. The van der Waals surface area contributed by atoms with Crippen LogP contribution in [0.25, 0.3) is 12.2 Å². The molecule has 0 aliphatic carbocycles. The zero-order valence-electron chi connectivity index (χ0n) is 19.4. The lowest BCUT2D eigenvalue weighted by molar-refractivity contribution is 0.0680. The minimum atomic E-state index is -1.27. The molecule has 36 heavy (non-hydrogen) atoms. The van der Waals surface area contributed by atoms with Gasteiger partial charge in [0.2, 0.25) is 0 Å². The van der Waals surface area contributed by atoms with E-state index in [0.717, 1.165) is 33.4 Å². The second-order valence-corrected chi connectivity index (χ2v) is 9.77. The van der Waals surface area contributed by atoms with Crippen LogP contribution in [0.15, 0.2) is 47.2 Å². The number of nitrogens with zero attached hydrogens (tertiary/aromatic N) is 2. The van der Waals surface area contributed by atoms with E-state index in [1.54, 1.807) is 35.6 Å². The summed E-state index contributed by atoms with van der Waals surface area (Å²) < 4.78 is 26.8. The average Bonchev–Trinajstić information content (AvgIpc) is 3.43. The fraction of sp³-hybridized carbons (Fsp3) is 0.154. The van der Waals surface area contributed by atoms with E-state index in [-0.39, 0.29) is 11.1 Å². The Labute approximate surface area is 214 Å². The van der Waals surface area contributed by atoms with Crippen LogP contribution in [0.2, 0.25) is 0 Å². The first kappa shape index (κ1) is 26.8. The van der Waals surface area contributed by atoms with Gasteiger partial charge in [0.1, 0.15) is 11.6 Å². The van der Waals surface area contributed by atoms with Crippen molar-refractivity contribution in [2.45, 2.75) is 26.7 Å². The first-order valence-corrected chi connectivity index (χ1v) is 12.4. The molecule has 2 heterocycles.